The second kappa shape index (κ2) is 6.76. The maximum absolute atomic E-state index is 11.0. The van der Waals surface area contributed by atoms with E-state index >= 15 is 0 Å². The van der Waals surface area contributed by atoms with Gasteiger partial charge in [-0.15, -0.1) is 0 Å². The van der Waals surface area contributed by atoms with Crippen molar-refractivity contribution in [1.29, 1.82) is 0 Å². The maximum Gasteiger partial charge on any atom is 0.316 e. The van der Waals surface area contributed by atoms with E-state index in [2.05, 4.69) is 9.47 Å². The van der Waals surface area contributed by atoms with Crippen molar-refractivity contribution in [3.05, 3.63) is 0 Å². The van der Waals surface area contributed by atoms with Gasteiger partial charge in [-0.2, -0.15) is 0 Å². The lowest BCUT2D eigenvalue weighted by atomic mass is 10.0. The third kappa shape index (κ3) is 4.34. The van der Waals surface area contributed by atoms with Gasteiger partial charge in [0.2, 0.25) is 0 Å². The first kappa shape index (κ1) is 12.3. The minimum atomic E-state index is -0.824. The quantitative estimate of drug-likeness (QED) is 0.337. The van der Waals surface area contributed by atoms with Gasteiger partial charge >= 0.3 is 24.9 Å². The Morgan fingerprint density at radius 3 is 2.21 bits per heavy atom. The van der Waals surface area contributed by atoms with Gasteiger partial charge in [0, 0.05) is 0 Å². The molecule has 1 unspecified atom stereocenters. The van der Waals surface area contributed by atoms with Crippen molar-refractivity contribution in [3.63, 3.8) is 0 Å². The number of carbonyl (C=O) groups excluding carboxylic acids is 4. The lowest BCUT2D eigenvalue weighted by molar-refractivity contribution is -0.161. The Morgan fingerprint density at radius 2 is 1.79 bits per heavy atom. The summed E-state index contributed by atoms with van der Waals surface area (Å²) in [6, 6.07) is 0. The number of rotatable bonds is 6. The van der Waals surface area contributed by atoms with Gasteiger partial charge < -0.3 is 9.47 Å². The van der Waals surface area contributed by atoms with Crippen LogP contribution < -0.4 is 0 Å². The minimum absolute atomic E-state index is 0.00392. The number of ether oxygens (including phenoxy) is 2. The summed E-state index contributed by atoms with van der Waals surface area (Å²) in [5.74, 6) is -2.38. The first-order chi connectivity index (χ1) is 6.65. The zero-order valence-corrected chi connectivity index (χ0v) is 7.60. The van der Waals surface area contributed by atoms with Gasteiger partial charge in [-0.25, -0.2) is 0 Å². The van der Waals surface area contributed by atoms with E-state index in [1.165, 1.54) is 0 Å². The van der Waals surface area contributed by atoms with Crippen LogP contribution in [0, 0.1) is 5.92 Å². The summed E-state index contributed by atoms with van der Waals surface area (Å²) in [4.78, 5) is 41.3. The van der Waals surface area contributed by atoms with Gasteiger partial charge in [-0.05, 0) is 6.42 Å². The fourth-order valence-electron chi connectivity index (χ4n) is 0.841. The SMILES string of the molecule is CCC(CC(=O)OC=O)C(=O)OC=O. The number of hydrogen-bond acceptors (Lipinski definition) is 6. The first-order valence-corrected chi connectivity index (χ1v) is 3.93. The molecule has 6 nitrogen and oxygen atoms in total. The average molecular weight is 202 g/mol. The van der Waals surface area contributed by atoms with E-state index in [9.17, 15) is 19.2 Å². The molecule has 0 bridgehead atoms. The molecule has 0 spiro atoms. The van der Waals surface area contributed by atoms with E-state index in [4.69, 9.17) is 0 Å². The fraction of sp³-hybridized carbons (Fsp3) is 0.500. The van der Waals surface area contributed by atoms with Gasteiger partial charge in [0.1, 0.15) is 0 Å². The van der Waals surface area contributed by atoms with Crippen molar-refractivity contribution < 1.29 is 28.7 Å². The smallest absolute Gasteiger partial charge is 0.316 e. The van der Waals surface area contributed by atoms with Crippen LogP contribution in [0.2, 0.25) is 0 Å². The summed E-state index contributed by atoms with van der Waals surface area (Å²) in [5, 5.41) is 0. The van der Waals surface area contributed by atoms with Crippen LogP contribution in [0.25, 0.3) is 0 Å². The molecule has 0 aromatic rings. The Bertz CT molecular complexity index is 234. The average Bonchev–Trinajstić information content (AvgIpc) is 2.15. The van der Waals surface area contributed by atoms with Crippen LogP contribution in [0.5, 0.6) is 0 Å². The van der Waals surface area contributed by atoms with Crippen LogP contribution in [0.15, 0.2) is 0 Å². The Labute approximate surface area is 80.2 Å². The molecule has 0 radical (unpaired) electrons. The molecule has 0 amide bonds. The summed E-state index contributed by atoms with van der Waals surface area (Å²) in [7, 11) is 0. The van der Waals surface area contributed by atoms with Crippen molar-refractivity contribution in [2.24, 2.45) is 5.92 Å². The van der Waals surface area contributed by atoms with Gasteiger partial charge in [0.15, 0.2) is 0 Å². The molecule has 0 aromatic carbocycles. The second-order valence-electron chi connectivity index (χ2n) is 2.43. The second-order valence-corrected chi connectivity index (χ2v) is 2.43. The highest BCUT2D eigenvalue weighted by Crippen LogP contribution is 2.10. The van der Waals surface area contributed by atoms with Crippen molar-refractivity contribution in [3.8, 4) is 0 Å². The molecule has 0 fully saturated rings. The molecule has 0 aliphatic rings. The predicted molar refractivity (Wildman–Crippen MR) is 42.7 cm³/mol. The highest BCUT2D eigenvalue weighted by molar-refractivity contribution is 5.85. The number of carbonyl (C=O) groups is 4. The zero-order chi connectivity index (χ0) is 11.0. The van der Waals surface area contributed by atoms with E-state index in [0.717, 1.165) is 0 Å². The van der Waals surface area contributed by atoms with Crippen LogP contribution >= 0.6 is 0 Å². The monoisotopic (exact) mass is 202 g/mol. The minimum Gasteiger partial charge on any atom is -0.395 e. The highest BCUT2D eigenvalue weighted by atomic mass is 16.6. The summed E-state index contributed by atoms with van der Waals surface area (Å²) < 4.78 is 8.05. The molecule has 0 aliphatic carbocycles. The molecular formula is C8H10O6. The lowest BCUT2D eigenvalue weighted by Gasteiger charge is -2.08. The van der Waals surface area contributed by atoms with Crippen LogP contribution in [-0.2, 0) is 28.7 Å². The molecule has 0 saturated heterocycles. The Hall–Kier alpha value is -1.72. The van der Waals surface area contributed by atoms with Gasteiger partial charge in [0.25, 0.3) is 0 Å². The number of esters is 2. The Morgan fingerprint density at radius 1 is 1.21 bits per heavy atom. The fourth-order valence-corrected chi connectivity index (χ4v) is 0.841. The highest BCUT2D eigenvalue weighted by Gasteiger charge is 2.22. The molecule has 1 atom stereocenters. The predicted octanol–water partition coefficient (Wildman–Crippen LogP) is -0.198. The molecule has 0 aliphatic heterocycles. The Kier molecular flexibility index (Phi) is 5.93. The summed E-state index contributed by atoms with van der Waals surface area (Å²) in [6.07, 6.45) is 0.0442. The normalized spacial score (nSPS) is 11.2. The van der Waals surface area contributed by atoms with Crippen molar-refractivity contribution in [1.82, 2.24) is 0 Å². The van der Waals surface area contributed by atoms with Crippen molar-refractivity contribution >= 4 is 24.9 Å². The first-order valence-electron chi connectivity index (χ1n) is 3.93. The van der Waals surface area contributed by atoms with E-state index in [-0.39, 0.29) is 19.4 Å². The van der Waals surface area contributed by atoms with E-state index < -0.39 is 17.9 Å². The molecule has 0 heterocycles. The van der Waals surface area contributed by atoms with Crippen molar-refractivity contribution in [2.45, 2.75) is 19.8 Å². The van der Waals surface area contributed by atoms with Crippen molar-refractivity contribution in [2.75, 3.05) is 0 Å². The molecule has 0 rings (SSSR count). The summed E-state index contributed by atoms with van der Waals surface area (Å²) in [6.45, 7) is 1.63. The van der Waals surface area contributed by atoms with Gasteiger partial charge in [-0.3, -0.25) is 19.2 Å². The largest absolute Gasteiger partial charge is 0.395 e. The molecule has 78 valence electrons. The molecule has 6 heteroatoms. The molecule has 0 saturated carbocycles. The topological polar surface area (TPSA) is 86.7 Å². The number of hydrogen-bond donors (Lipinski definition) is 0. The van der Waals surface area contributed by atoms with E-state index in [1.807, 2.05) is 0 Å². The molecule has 0 N–H and O–H groups in total. The van der Waals surface area contributed by atoms with Crippen LogP contribution in [0.1, 0.15) is 19.8 Å². The summed E-state index contributed by atoms with van der Waals surface area (Å²) in [5.41, 5.74) is 0. The molecule has 0 aromatic heterocycles. The third-order valence-electron chi connectivity index (χ3n) is 1.58. The third-order valence-corrected chi connectivity index (χ3v) is 1.58. The standard InChI is InChI=1S/C8H10O6/c1-2-6(8(12)14-5-10)3-7(11)13-4-9/h4-6H,2-3H2,1H3. The maximum atomic E-state index is 11.0. The van der Waals surface area contributed by atoms with Crippen LogP contribution in [-0.4, -0.2) is 24.9 Å². The summed E-state index contributed by atoms with van der Waals surface area (Å²) >= 11 is 0. The van der Waals surface area contributed by atoms with Crippen LogP contribution in [0.4, 0.5) is 0 Å². The molecule has 14 heavy (non-hydrogen) atoms. The van der Waals surface area contributed by atoms with Gasteiger partial charge in [0.05, 0.1) is 12.3 Å². The molecular weight excluding hydrogens is 192 g/mol. The lowest BCUT2D eigenvalue weighted by Crippen LogP contribution is -2.20. The van der Waals surface area contributed by atoms with Crippen LogP contribution in [0.3, 0.4) is 0 Å². The van der Waals surface area contributed by atoms with Gasteiger partial charge in [-0.1, -0.05) is 6.92 Å². The van der Waals surface area contributed by atoms with E-state index in [1.54, 1.807) is 6.92 Å². The zero-order valence-electron chi connectivity index (χ0n) is 7.60. The van der Waals surface area contributed by atoms with E-state index in [0.29, 0.717) is 6.42 Å². The Balaban J connectivity index is 4.13.